The van der Waals surface area contributed by atoms with Crippen LogP contribution < -0.4 is 10.8 Å². The van der Waals surface area contributed by atoms with Gasteiger partial charge in [-0.1, -0.05) is 6.08 Å². The molecule has 0 amide bonds. The fourth-order valence-electron chi connectivity index (χ4n) is 2.77. The summed E-state index contributed by atoms with van der Waals surface area (Å²) < 4.78 is 18.4. The zero-order valence-electron chi connectivity index (χ0n) is 15.2. The lowest BCUT2D eigenvalue weighted by molar-refractivity contribution is 0.234. The molecule has 2 heterocycles. The average molecular weight is 469 g/mol. The highest BCUT2D eigenvalue weighted by Crippen LogP contribution is 2.23. The summed E-state index contributed by atoms with van der Waals surface area (Å²) in [6.07, 6.45) is 2.39. The van der Waals surface area contributed by atoms with Crippen molar-refractivity contribution in [3.05, 3.63) is 45.7 Å². The molecule has 1 aliphatic heterocycles. The van der Waals surface area contributed by atoms with Crippen LogP contribution in [0.2, 0.25) is 0 Å². The Labute approximate surface area is 174 Å². The number of nitrogens with zero attached hydrogens (tertiary/aromatic N) is 4. The number of anilines is 1. The number of hydrogen-bond donors (Lipinski definition) is 5. The van der Waals surface area contributed by atoms with E-state index in [1.807, 2.05) is 5.48 Å². The number of benzene rings is 1. The van der Waals surface area contributed by atoms with Crippen LogP contribution in [0.4, 0.5) is 15.9 Å². The molecule has 0 radical (unpaired) electrons. The summed E-state index contributed by atoms with van der Waals surface area (Å²) in [6, 6.07) is 4.14. The lowest BCUT2D eigenvalue weighted by Crippen LogP contribution is -2.35. The Morgan fingerprint density at radius 1 is 1.38 bits per heavy atom. The summed E-state index contributed by atoms with van der Waals surface area (Å²) in [6.45, 7) is 2.50. The summed E-state index contributed by atoms with van der Waals surface area (Å²) in [5, 5.41) is 38.4. The minimum Gasteiger partial charge on any atom is -0.423 e. The molecule has 154 valence electrons. The van der Waals surface area contributed by atoms with Crippen LogP contribution >= 0.6 is 15.9 Å². The van der Waals surface area contributed by atoms with Gasteiger partial charge in [-0.2, -0.15) is 0 Å². The number of halogens is 2. The topological polar surface area (TPSA) is 139 Å². The van der Waals surface area contributed by atoms with E-state index in [-0.39, 0.29) is 21.8 Å². The van der Waals surface area contributed by atoms with Crippen LogP contribution in [0.1, 0.15) is 12.1 Å². The van der Waals surface area contributed by atoms with Gasteiger partial charge < -0.3 is 15.4 Å². The molecule has 0 saturated carbocycles. The second-order valence-electron chi connectivity index (χ2n) is 6.26. The molecule has 1 aromatic heterocycles. The van der Waals surface area contributed by atoms with Gasteiger partial charge in [0.05, 0.1) is 10.2 Å². The second-order valence-corrected chi connectivity index (χ2v) is 7.12. The fourth-order valence-corrected chi connectivity index (χ4v) is 3.14. The molecule has 0 aliphatic carbocycles. The summed E-state index contributed by atoms with van der Waals surface area (Å²) in [5.74, 6) is -0.165. The molecule has 29 heavy (non-hydrogen) atoms. The van der Waals surface area contributed by atoms with Crippen molar-refractivity contribution in [3.8, 4) is 0 Å². The molecule has 13 heteroatoms. The number of aromatic nitrogens is 2. The number of hydroxylamine groups is 1. The number of rotatable bonds is 7. The summed E-state index contributed by atoms with van der Waals surface area (Å²) >= 11 is 3.08. The van der Waals surface area contributed by atoms with Crippen LogP contribution in [0.5, 0.6) is 0 Å². The predicted molar refractivity (Wildman–Crippen MR) is 107 cm³/mol. The second kappa shape index (κ2) is 9.94. The van der Waals surface area contributed by atoms with Crippen molar-refractivity contribution in [1.29, 1.82) is 0 Å². The van der Waals surface area contributed by atoms with Gasteiger partial charge in [0, 0.05) is 26.2 Å². The average Bonchev–Trinajstić information content (AvgIpc) is 3.17. The fraction of sp³-hybridized carbons (Fsp3) is 0.312. The first kappa shape index (κ1) is 21.4. The van der Waals surface area contributed by atoms with Crippen molar-refractivity contribution in [3.63, 3.8) is 0 Å². The lowest BCUT2D eigenvalue weighted by atomic mass is 9.76. The number of hydrogen-bond acceptors (Lipinski definition) is 9. The third-order valence-corrected chi connectivity index (χ3v) is 4.95. The van der Waals surface area contributed by atoms with Gasteiger partial charge in [0.15, 0.2) is 11.5 Å². The third-order valence-electron chi connectivity index (χ3n) is 4.34. The van der Waals surface area contributed by atoms with E-state index in [0.717, 1.165) is 0 Å². The van der Waals surface area contributed by atoms with Crippen molar-refractivity contribution in [2.75, 3.05) is 31.5 Å². The van der Waals surface area contributed by atoms with Gasteiger partial charge >= 0.3 is 7.12 Å². The maximum atomic E-state index is 13.4. The first-order chi connectivity index (χ1) is 14.0. The summed E-state index contributed by atoms with van der Waals surface area (Å²) in [7, 11) is -1.40. The Bertz CT molecular complexity index is 909. The third kappa shape index (κ3) is 5.61. The molecule has 0 unspecified atom stereocenters. The molecule has 0 spiro atoms. The SMILES string of the molecule is ONC(=Nc1ccc(F)c(Br)c1)c1nonc1NCCN1CC=C(B(O)O)CC1. The number of aliphatic imine (C=N–C) groups is 1. The zero-order valence-corrected chi connectivity index (χ0v) is 16.8. The summed E-state index contributed by atoms with van der Waals surface area (Å²) in [4.78, 5) is 6.32. The molecule has 0 fully saturated rings. The van der Waals surface area contributed by atoms with Crippen molar-refractivity contribution in [2.45, 2.75) is 6.42 Å². The molecular weight excluding hydrogens is 450 g/mol. The Morgan fingerprint density at radius 3 is 2.86 bits per heavy atom. The van der Waals surface area contributed by atoms with Crippen molar-refractivity contribution in [2.24, 2.45) is 4.99 Å². The van der Waals surface area contributed by atoms with E-state index in [2.05, 4.69) is 41.5 Å². The highest BCUT2D eigenvalue weighted by atomic mass is 79.9. The van der Waals surface area contributed by atoms with E-state index >= 15 is 0 Å². The Balaban J connectivity index is 1.62. The van der Waals surface area contributed by atoms with E-state index in [9.17, 15) is 19.6 Å². The monoisotopic (exact) mass is 468 g/mol. The summed E-state index contributed by atoms with van der Waals surface area (Å²) in [5.41, 5.74) is 3.12. The van der Waals surface area contributed by atoms with E-state index in [1.165, 1.54) is 18.2 Å². The molecule has 0 bridgehead atoms. The standard InChI is InChI=1S/C16H19BBrFN6O4/c18-12-9-11(1-2-13(12)19)21-16(22-28)14-15(24-29-23-14)20-5-8-25-6-3-10(4-7-25)17(26)27/h1-3,9,26-28H,4-8H2,(H,20,24)(H,21,22). The van der Waals surface area contributed by atoms with Gasteiger partial charge in [0.1, 0.15) is 5.82 Å². The number of amidine groups is 1. The van der Waals surface area contributed by atoms with Gasteiger partial charge in [-0.3, -0.25) is 15.6 Å². The normalized spacial score (nSPS) is 15.2. The quantitative estimate of drug-likeness (QED) is 0.175. The maximum absolute atomic E-state index is 13.4. The molecule has 1 aliphatic rings. The van der Waals surface area contributed by atoms with Crippen LogP contribution in [0.3, 0.4) is 0 Å². The lowest BCUT2D eigenvalue weighted by Gasteiger charge is -2.26. The van der Waals surface area contributed by atoms with E-state index in [1.54, 1.807) is 6.08 Å². The molecule has 3 rings (SSSR count). The van der Waals surface area contributed by atoms with Crippen molar-refractivity contribution >= 4 is 40.4 Å². The zero-order chi connectivity index (χ0) is 20.8. The molecule has 2 aromatic rings. The van der Waals surface area contributed by atoms with E-state index in [4.69, 9.17) is 4.63 Å². The van der Waals surface area contributed by atoms with Gasteiger partial charge in [-0.15, -0.1) is 0 Å². The smallest absolute Gasteiger partial charge is 0.423 e. The van der Waals surface area contributed by atoms with Crippen LogP contribution in [-0.2, 0) is 0 Å². The van der Waals surface area contributed by atoms with Crippen molar-refractivity contribution in [1.82, 2.24) is 20.7 Å². The van der Waals surface area contributed by atoms with Crippen LogP contribution in [0.15, 0.2) is 43.8 Å². The Morgan fingerprint density at radius 2 is 2.21 bits per heavy atom. The highest BCUT2D eigenvalue weighted by molar-refractivity contribution is 9.10. The largest absolute Gasteiger partial charge is 0.483 e. The first-order valence-electron chi connectivity index (χ1n) is 8.76. The number of nitrogens with one attached hydrogen (secondary N) is 2. The van der Waals surface area contributed by atoms with E-state index < -0.39 is 12.9 Å². The molecule has 0 saturated heterocycles. The van der Waals surface area contributed by atoms with Crippen LogP contribution in [0.25, 0.3) is 0 Å². The van der Waals surface area contributed by atoms with Crippen LogP contribution in [-0.4, -0.2) is 69.6 Å². The van der Waals surface area contributed by atoms with Crippen LogP contribution in [0, 0.1) is 5.82 Å². The minimum absolute atomic E-state index is 0.0188. The molecule has 5 N–H and O–H groups in total. The minimum atomic E-state index is -1.40. The van der Waals surface area contributed by atoms with Gasteiger partial charge in [-0.05, 0) is 56.3 Å². The van der Waals surface area contributed by atoms with E-state index in [0.29, 0.717) is 43.8 Å². The van der Waals surface area contributed by atoms with Gasteiger partial charge in [0.2, 0.25) is 5.82 Å². The van der Waals surface area contributed by atoms with Gasteiger partial charge in [-0.25, -0.2) is 14.0 Å². The molecule has 0 atom stereocenters. The molecule has 10 nitrogen and oxygen atoms in total. The molecule has 1 aromatic carbocycles. The van der Waals surface area contributed by atoms with Crippen molar-refractivity contribution < 1.29 is 24.3 Å². The Kier molecular flexibility index (Phi) is 7.33. The predicted octanol–water partition coefficient (Wildman–Crippen LogP) is 1.08. The molecular formula is C16H19BBrFN6O4. The van der Waals surface area contributed by atoms with Gasteiger partial charge in [0.25, 0.3) is 0 Å². The maximum Gasteiger partial charge on any atom is 0.483 e. The first-order valence-corrected chi connectivity index (χ1v) is 9.55. The Hall–Kier alpha value is -2.32. The highest BCUT2D eigenvalue weighted by Gasteiger charge is 2.20.